The van der Waals surface area contributed by atoms with Crippen molar-refractivity contribution in [3.05, 3.63) is 34.5 Å². The summed E-state index contributed by atoms with van der Waals surface area (Å²) in [6, 6.07) is 4.28. The average Bonchev–Trinajstić information content (AvgIpc) is 2.83. The van der Waals surface area contributed by atoms with Crippen molar-refractivity contribution < 1.29 is 13.2 Å². The summed E-state index contributed by atoms with van der Waals surface area (Å²) in [7, 11) is -1.12. The van der Waals surface area contributed by atoms with Gasteiger partial charge in [0.05, 0.1) is 17.9 Å². The minimum atomic E-state index is -2.91. The van der Waals surface area contributed by atoms with E-state index in [2.05, 4.69) is 31.0 Å². The van der Waals surface area contributed by atoms with Crippen molar-refractivity contribution in [2.45, 2.75) is 46.1 Å². The normalized spacial score (nSPS) is 17.8. The number of fused-ring (bicyclic) bond motifs is 1. The fourth-order valence-electron chi connectivity index (χ4n) is 3.81. The number of aromatic amines is 1. The van der Waals surface area contributed by atoms with E-state index in [9.17, 15) is 13.2 Å². The summed E-state index contributed by atoms with van der Waals surface area (Å²) in [6.07, 6.45) is 1.42. The molecule has 136 valence electrons. The van der Waals surface area contributed by atoms with E-state index in [0.29, 0.717) is 19.3 Å². The molecule has 25 heavy (non-hydrogen) atoms. The van der Waals surface area contributed by atoms with Crippen LogP contribution in [0, 0.1) is 20.8 Å². The zero-order valence-electron chi connectivity index (χ0n) is 15.3. The standard InChI is InChI=1S/C19H26N2O3S/c1-12-9-13(2)19-17(10-12)16(14(3)20-19)11-18(22)21(4)15-5-7-25(23,24)8-6-15/h9-10,15,20H,5-8,11H2,1-4H3. The predicted octanol–water partition coefficient (Wildman–Crippen LogP) is 2.67. The van der Waals surface area contributed by atoms with E-state index >= 15 is 0 Å². The van der Waals surface area contributed by atoms with Gasteiger partial charge in [-0.05, 0) is 50.8 Å². The summed E-state index contributed by atoms with van der Waals surface area (Å²) < 4.78 is 23.2. The number of nitrogens with one attached hydrogen (secondary N) is 1. The lowest BCUT2D eigenvalue weighted by Crippen LogP contribution is -2.42. The van der Waals surface area contributed by atoms with Gasteiger partial charge in [-0.15, -0.1) is 0 Å². The summed E-state index contributed by atoms with van der Waals surface area (Å²) in [5.41, 5.74) is 5.53. The van der Waals surface area contributed by atoms with E-state index in [1.54, 1.807) is 11.9 Å². The molecule has 0 bridgehead atoms. The monoisotopic (exact) mass is 362 g/mol. The molecule has 0 spiro atoms. The lowest BCUT2D eigenvalue weighted by molar-refractivity contribution is -0.131. The summed E-state index contributed by atoms with van der Waals surface area (Å²) >= 11 is 0. The third-order valence-corrected chi connectivity index (χ3v) is 7.08. The molecule has 1 N–H and O–H groups in total. The number of benzene rings is 1. The van der Waals surface area contributed by atoms with E-state index in [4.69, 9.17) is 0 Å². The van der Waals surface area contributed by atoms with Gasteiger partial charge < -0.3 is 9.88 Å². The molecule has 0 saturated carbocycles. The van der Waals surface area contributed by atoms with Crippen LogP contribution in [0.4, 0.5) is 0 Å². The number of hydrogen-bond donors (Lipinski definition) is 1. The Bertz CT molecular complexity index is 914. The van der Waals surface area contributed by atoms with Crippen LogP contribution in [0.25, 0.3) is 10.9 Å². The predicted molar refractivity (Wildman–Crippen MR) is 101 cm³/mol. The number of H-pyrrole nitrogens is 1. The smallest absolute Gasteiger partial charge is 0.227 e. The Morgan fingerprint density at radius 1 is 1.20 bits per heavy atom. The number of carbonyl (C=O) groups is 1. The van der Waals surface area contributed by atoms with Gasteiger partial charge in [0.25, 0.3) is 0 Å². The quantitative estimate of drug-likeness (QED) is 0.912. The molecule has 1 aromatic carbocycles. The Balaban J connectivity index is 1.81. The van der Waals surface area contributed by atoms with Crippen LogP contribution in [0.15, 0.2) is 12.1 Å². The topological polar surface area (TPSA) is 70.2 Å². The van der Waals surface area contributed by atoms with Gasteiger partial charge in [-0.3, -0.25) is 4.79 Å². The van der Waals surface area contributed by atoms with Gasteiger partial charge in [-0.25, -0.2) is 8.42 Å². The summed E-state index contributed by atoms with van der Waals surface area (Å²) in [6.45, 7) is 6.14. The van der Waals surface area contributed by atoms with E-state index in [1.165, 1.54) is 11.1 Å². The van der Waals surface area contributed by atoms with Crippen LogP contribution >= 0.6 is 0 Å². The minimum absolute atomic E-state index is 0.0185. The van der Waals surface area contributed by atoms with Crippen LogP contribution in [0.2, 0.25) is 0 Å². The first kappa shape index (κ1) is 18.0. The Morgan fingerprint density at radius 2 is 1.84 bits per heavy atom. The summed E-state index contributed by atoms with van der Waals surface area (Å²) in [4.78, 5) is 18.0. The van der Waals surface area contributed by atoms with Gasteiger partial charge in [0.2, 0.25) is 5.91 Å². The Morgan fingerprint density at radius 3 is 2.48 bits per heavy atom. The van der Waals surface area contributed by atoms with E-state index in [-0.39, 0.29) is 23.5 Å². The maximum Gasteiger partial charge on any atom is 0.227 e. The third kappa shape index (κ3) is 3.59. The maximum atomic E-state index is 12.8. The van der Waals surface area contributed by atoms with Crippen molar-refractivity contribution >= 4 is 26.6 Å². The summed E-state index contributed by atoms with van der Waals surface area (Å²) in [5, 5.41) is 1.11. The molecule has 0 unspecified atom stereocenters. The van der Waals surface area contributed by atoms with Crippen LogP contribution in [0.1, 0.15) is 35.2 Å². The van der Waals surface area contributed by atoms with Crippen LogP contribution < -0.4 is 0 Å². The van der Waals surface area contributed by atoms with Gasteiger partial charge in [0, 0.05) is 29.7 Å². The second-order valence-electron chi connectivity index (χ2n) is 7.30. The highest BCUT2D eigenvalue weighted by Gasteiger charge is 2.29. The zero-order chi connectivity index (χ0) is 18.4. The lowest BCUT2D eigenvalue weighted by Gasteiger charge is -2.31. The van der Waals surface area contributed by atoms with Gasteiger partial charge in [-0.2, -0.15) is 0 Å². The minimum Gasteiger partial charge on any atom is -0.358 e. The molecule has 1 fully saturated rings. The highest BCUT2D eigenvalue weighted by molar-refractivity contribution is 7.91. The first-order chi connectivity index (χ1) is 11.7. The van der Waals surface area contributed by atoms with Crippen LogP contribution in [0.5, 0.6) is 0 Å². The zero-order valence-corrected chi connectivity index (χ0v) is 16.2. The fraction of sp³-hybridized carbons (Fsp3) is 0.526. The SMILES string of the molecule is Cc1cc(C)c2[nH]c(C)c(CC(=O)N(C)C3CCS(=O)(=O)CC3)c2c1. The van der Waals surface area contributed by atoms with Crippen molar-refractivity contribution in [2.24, 2.45) is 0 Å². The van der Waals surface area contributed by atoms with Crippen LogP contribution in [-0.4, -0.2) is 48.8 Å². The van der Waals surface area contributed by atoms with Crippen molar-refractivity contribution in [3.63, 3.8) is 0 Å². The average molecular weight is 362 g/mol. The number of amides is 1. The molecule has 1 aliphatic heterocycles. The molecule has 3 rings (SSSR count). The van der Waals surface area contributed by atoms with Gasteiger partial charge in [-0.1, -0.05) is 11.6 Å². The highest BCUT2D eigenvalue weighted by Crippen LogP contribution is 2.27. The second kappa shape index (κ2) is 6.48. The lowest BCUT2D eigenvalue weighted by atomic mass is 10.0. The molecule has 1 amide bonds. The molecule has 0 radical (unpaired) electrons. The molecule has 1 aliphatic rings. The molecule has 1 saturated heterocycles. The maximum absolute atomic E-state index is 12.8. The second-order valence-corrected chi connectivity index (χ2v) is 9.60. The van der Waals surface area contributed by atoms with Gasteiger partial charge in [0.15, 0.2) is 0 Å². The van der Waals surface area contributed by atoms with Gasteiger partial charge in [0.1, 0.15) is 9.84 Å². The molecule has 0 aliphatic carbocycles. The summed E-state index contributed by atoms with van der Waals surface area (Å²) in [5.74, 6) is 0.409. The molecule has 1 aromatic heterocycles. The van der Waals surface area contributed by atoms with E-state index in [1.807, 2.05) is 6.92 Å². The van der Waals surface area contributed by atoms with Crippen molar-refractivity contribution in [1.82, 2.24) is 9.88 Å². The third-order valence-electron chi connectivity index (χ3n) is 5.36. The molecule has 2 aromatic rings. The Labute approximate surface area is 149 Å². The Hall–Kier alpha value is -1.82. The first-order valence-electron chi connectivity index (χ1n) is 8.72. The Kier molecular flexibility index (Phi) is 4.66. The van der Waals surface area contributed by atoms with Gasteiger partial charge >= 0.3 is 0 Å². The fourth-order valence-corrected chi connectivity index (χ4v) is 5.28. The number of rotatable bonds is 3. The number of carbonyl (C=O) groups excluding carboxylic acids is 1. The molecular weight excluding hydrogens is 336 g/mol. The van der Waals surface area contributed by atoms with E-state index < -0.39 is 9.84 Å². The van der Waals surface area contributed by atoms with Crippen molar-refractivity contribution in [2.75, 3.05) is 18.6 Å². The molecular formula is C19H26N2O3S. The molecule has 5 nitrogen and oxygen atoms in total. The van der Waals surface area contributed by atoms with Crippen LogP contribution in [0.3, 0.4) is 0 Å². The number of likely N-dealkylation sites (N-methyl/N-ethyl adjacent to an activating group) is 1. The highest BCUT2D eigenvalue weighted by atomic mass is 32.2. The number of aryl methyl sites for hydroxylation is 3. The molecule has 0 atom stereocenters. The van der Waals surface area contributed by atoms with E-state index in [0.717, 1.165) is 22.2 Å². The number of hydrogen-bond acceptors (Lipinski definition) is 3. The largest absolute Gasteiger partial charge is 0.358 e. The van der Waals surface area contributed by atoms with Crippen molar-refractivity contribution in [1.29, 1.82) is 0 Å². The number of aromatic nitrogens is 1. The molecule has 6 heteroatoms. The molecule has 2 heterocycles. The van der Waals surface area contributed by atoms with Crippen molar-refractivity contribution in [3.8, 4) is 0 Å². The van der Waals surface area contributed by atoms with Crippen LogP contribution in [-0.2, 0) is 21.1 Å². The number of nitrogens with zero attached hydrogens (tertiary/aromatic N) is 1. The first-order valence-corrected chi connectivity index (χ1v) is 10.5. The number of sulfone groups is 1.